The fourth-order valence-corrected chi connectivity index (χ4v) is 2.18. The van der Waals surface area contributed by atoms with Crippen LogP contribution in [0.2, 0.25) is 0 Å². The van der Waals surface area contributed by atoms with Gasteiger partial charge in [0, 0.05) is 18.6 Å². The van der Waals surface area contributed by atoms with E-state index in [1.54, 1.807) is 11.3 Å². The summed E-state index contributed by atoms with van der Waals surface area (Å²) in [4.78, 5) is 31.5. The summed E-state index contributed by atoms with van der Waals surface area (Å²) in [5.74, 6) is -0.189. The highest BCUT2D eigenvalue weighted by molar-refractivity contribution is 5.94. The Balaban J connectivity index is 1.58. The lowest BCUT2D eigenvalue weighted by atomic mass is 10.3. The molecule has 3 aromatic rings. The van der Waals surface area contributed by atoms with Gasteiger partial charge in [-0.25, -0.2) is 4.98 Å². The largest absolute Gasteiger partial charge is 0.345 e. The fraction of sp³-hybridized carbons (Fsp3) is 0.200. The van der Waals surface area contributed by atoms with Gasteiger partial charge in [-0.3, -0.25) is 19.0 Å². The maximum absolute atomic E-state index is 12.0. The molecular formula is C15H15N7O2. The van der Waals surface area contributed by atoms with Crippen LogP contribution in [0.1, 0.15) is 29.3 Å². The summed E-state index contributed by atoms with van der Waals surface area (Å²) >= 11 is 0. The highest BCUT2D eigenvalue weighted by Crippen LogP contribution is 2.11. The smallest absolute Gasteiger partial charge is 0.271 e. The Kier molecular flexibility index (Phi) is 4.41. The lowest BCUT2D eigenvalue weighted by molar-refractivity contribution is -0.120. The molecule has 2 N–H and O–H groups in total. The predicted molar refractivity (Wildman–Crippen MR) is 83.9 cm³/mol. The number of hydrogen-bond donors (Lipinski definition) is 2. The van der Waals surface area contributed by atoms with Gasteiger partial charge >= 0.3 is 0 Å². The maximum atomic E-state index is 12.0. The molecule has 3 aromatic heterocycles. The van der Waals surface area contributed by atoms with Crippen LogP contribution in [0.3, 0.4) is 0 Å². The van der Waals surface area contributed by atoms with Gasteiger partial charge in [0.1, 0.15) is 5.69 Å². The third-order valence-electron chi connectivity index (χ3n) is 3.31. The SMILES string of the molecule is C[C@@H](NC(=O)CNC(=O)c1cnccn1)c1nnc2ccccn12. The molecule has 9 heteroatoms. The Bertz CT molecular complexity index is 862. The Morgan fingerprint density at radius 3 is 2.92 bits per heavy atom. The number of pyridine rings is 1. The number of amides is 2. The number of fused-ring (bicyclic) bond motifs is 1. The molecular weight excluding hydrogens is 310 g/mol. The zero-order valence-corrected chi connectivity index (χ0v) is 12.9. The predicted octanol–water partition coefficient (Wildman–Crippen LogP) is 0.126. The molecule has 0 aromatic carbocycles. The van der Waals surface area contributed by atoms with Crippen molar-refractivity contribution in [2.24, 2.45) is 0 Å². The number of nitrogens with zero attached hydrogens (tertiary/aromatic N) is 5. The van der Waals surface area contributed by atoms with Gasteiger partial charge in [0.05, 0.1) is 18.8 Å². The van der Waals surface area contributed by atoms with Crippen molar-refractivity contribution >= 4 is 17.5 Å². The molecule has 0 aliphatic heterocycles. The molecule has 2 amide bonds. The van der Waals surface area contributed by atoms with Gasteiger partial charge in [0.15, 0.2) is 11.5 Å². The van der Waals surface area contributed by atoms with E-state index in [1.165, 1.54) is 18.6 Å². The minimum Gasteiger partial charge on any atom is -0.345 e. The third kappa shape index (κ3) is 3.35. The van der Waals surface area contributed by atoms with Crippen molar-refractivity contribution in [3.8, 4) is 0 Å². The summed E-state index contributed by atoms with van der Waals surface area (Å²) in [6.07, 6.45) is 6.03. The van der Waals surface area contributed by atoms with Crippen molar-refractivity contribution in [2.75, 3.05) is 6.54 Å². The van der Waals surface area contributed by atoms with Crippen LogP contribution in [0, 0.1) is 0 Å². The van der Waals surface area contributed by atoms with E-state index in [0.29, 0.717) is 11.5 Å². The molecule has 9 nitrogen and oxygen atoms in total. The highest BCUT2D eigenvalue weighted by atomic mass is 16.2. The first-order valence-electron chi connectivity index (χ1n) is 7.28. The lowest BCUT2D eigenvalue weighted by Crippen LogP contribution is -2.38. The van der Waals surface area contributed by atoms with Crippen molar-refractivity contribution in [1.29, 1.82) is 0 Å². The quantitative estimate of drug-likeness (QED) is 0.689. The molecule has 0 saturated heterocycles. The van der Waals surface area contributed by atoms with Crippen LogP contribution in [-0.4, -0.2) is 42.9 Å². The Labute approximate surface area is 137 Å². The minimum absolute atomic E-state index is 0.154. The zero-order chi connectivity index (χ0) is 16.9. The van der Waals surface area contributed by atoms with Crippen LogP contribution >= 0.6 is 0 Å². The minimum atomic E-state index is -0.459. The molecule has 0 radical (unpaired) electrons. The lowest BCUT2D eigenvalue weighted by Gasteiger charge is -2.12. The van der Waals surface area contributed by atoms with E-state index in [1.807, 2.05) is 24.4 Å². The molecule has 0 aliphatic rings. The molecule has 0 spiro atoms. The maximum Gasteiger partial charge on any atom is 0.271 e. The van der Waals surface area contributed by atoms with Crippen LogP contribution < -0.4 is 10.6 Å². The molecule has 0 aliphatic carbocycles. The topological polar surface area (TPSA) is 114 Å². The fourth-order valence-electron chi connectivity index (χ4n) is 2.18. The van der Waals surface area contributed by atoms with Crippen LogP contribution in [0.15, 0.2) is 43.0 Å². The molecule has 122 valence electrons. The van der Waals surface area contributed by atoms with E-state index < -0.39 is 5.91 Å². The summed E-state index contributed by atoms with van der Waals surface area (Å²) in [6.45, 7) is 1.63. The van der Waals surface area contributed by atoms with Gasteiger partial charge in [0.25, 0.3) is 5.91 Å². The van der Waals surface area contributed by atoms with Crippen molar-refractivity contribution in [3.05, 3.63) is 54.5 Å². The van der Waals surface area contributed by atoms with Crippen molar-refractivity contribution < 1.29 is 9.59 Å². The second-order valence-corrected chi connectivity index (χ2v) is 5.05. The van der Waals surface area contributed by atoms with Crippen LogP contribution in [0.25, 0.3) is 5.65 Å². The summed E-state index contributed by atoms with van der Waals surface area (Å²) in [7, 11) is 0. The van der Waals surface area contributed by atoms with E-state index in [-0.39, 0.29) is 24.2 Å². The first kappa shape index (κ1) is 15.5. The van der Waals surface area contributed by atoms with Crippen LogP contribution in [0.5, 0.6) is 0 Å². The van der Waals surface area contributed by atoms with E-state index >= 15 is 0 Å². The second kappa shape index (κ2) is 6.82. The van der Waals surface area contributed by atoms with Crippen molar-refractivity contribution in [1.82, 2.24) is 35.2 Å². The molecule has 0 bridgehead atoms. The number of rotatable bonds is 5. The molecule has 0 saturated carbocycles. The zero-order valence-electron chi connectivity index (χ0n) is 12.9. The van der Waals surface area contributed by atoms with Crippen LogP contribution in [0.4, 0.5) is 0 Å². The van der Waals surface area contributed by atoms with E-state index in [2.05, 4.69) is 30.8 Å². The highest BCUT2D eigenvalue weighted by Gasteiger charge is 2.16. The van der Waals surface area contributed by atoms with Gasteiger partial charge in [-0.2, -0.15) is 0 Å². The summed E-state index contributed by atoms with van der Waals surface area (Å²) < 4.78 is 1.79. The van der Waals surface area contributed by atoms with Crippen LogP contribution in [-0.2, 0) is 4.79 Å². The summed E-state index contributed by atoms with van der Waals surface area (Å²) in [5.41, 5.74) is 0.853. The summed E-state index contributed by atoms with van der Waals surface area (Å²) in [6, 6.07) is 5.18. The Hall–Kier alpha value is -3.36. The van der Waals surface area contributed by atoms with E-state index in [4.69, 9.17) is 0 Å². The Morgan fingerprint density at radius 1 is 1.25 bits per heavy atom. The molecule has 0 fully saturated rings. The summed E-state index contributed by atoms with van der Waals surface area (Å²) in [5, 5.41) is 13.4. The molecule has 0 unspecified atom stereocenters. The first-order chi connectivity index (χ1) is 11.6. The number of hydrogen-bond acceptors (Lipinski definition) is 6. The second-order valence-electron chi connectivity index (χ2n) is 5.05. The van der Waals surface area contributed by atoms with Gasteiger partial charge in [0.2, 0.25) is 5.91 Å². The molecule has 3 heterocycles. The first-order valence-corrected chi connectivity index (χ1v) is 7.28. The van der Waals surface area contributed by atoms with E-state index in [9.17, 15) is 9.59 Å². The Morgan fingerprint density at radius 2 is 2.12 bits per heavy atom. The number of carbonyl (C=O) groups excluding carboxylic acids is 2. The van der Waals surface area contributed by atoms with Gasteiger partial charge in [-0.15, -0.1) is 10.2 Å². The van der Waals surface area contributed by atoms with Crippen molar-refractivity contribution in [2.45, 2.75) is 13.0 Å². The number of nitrogens with one attached hydrogen (secondary N) is 2. The van der Waals surface area contributed by atoms with Gasteiger partial charge < -0.3 is 10.6 Å². The average Bonchev–Trinajstić information content (AvgIpc) is 3.04. The standard InChI is InChI=1S/C15H15N7O2/c1-10(14-21-20-12-4-2-3-7-22(12)14)19-13(23)9-18-15(24)11-8-16-5-6-17-11/h2-8,10H,9H2,1H3,(H,18,24)(H,19,23)/t10-/m1/s1. The monoisotopic (exact) mass is 325 g/mol. The average molecular weight is 325 g/mol. The van der Waals surface area contributed by atoms with Gasteiger partial charge in [-0.05, 0) is 19.1 Å². The number of carbonyl (C=O) groups is 2. The third-order valence-corrected chi connectivity index (χ3v) is 3.31. The van der Waals surface area contributed by atoms with E-state index in [0.717, 1.165) is 0 Å². The molecule has 3 rings (SSSR count). The molecule has 24 heavy (non-hydrogen) atoms. The number of aromatic nitrogens is 5. The van der Waals surface area contributed by atoms with Crippen molar-refractivity contribution in [3.63, 3.8) is 0 Å². The normalized spacial score (nSPS) is 11.9. The van der Waals surface area contributed by atoms with Gasteiger partial charge in [-0.1, -0.05) is 6.07 Å². The molecule has 1 atom stereocenters.